The summed E-state index contributed by atoms with van der Waals surface area (Å²) in [4.78, 5) is 0. The first-order valence-corrected chi connectivity index (χ1v) is 7.13. The summed E-state index contributed by atoms with van der Waals surface area (Å²) in [6, 6.07) is 5.22. The van der Waals surface area contributed by atoms with Gasteiger partial charge in [-0.3, -0.25) is 0 Å². The van der Waals surface area contributed by atoms with Crippen molar-refractivity contribution in [2.45, 2.75) is 25.9 Å². The summed E-state index contributed by atoms with van der Waals surface area (Å²) >= 11 is 0. The van der Waals surface area contributed by atoms with Gasteiger partial charge < -0.3 is 14.8 Å². The van der Waals surface area contributed by atoms with Crippen LogP contribution in [-0.2, 0) is 10.9 Å². The highest BCUT2D eigenvalue weighted by Gasteiger charge is 2.33. The van der Waals surface area contributed by atoms with Crippen molar-refractivity contribution in [3.8, 4) is 5.75 Å². The first kappa shape index (κ1) is 17.8. The number of unbranched alkanes of at least 4 members (excludes halogenated alkanes) is 1. The molecule has 0 aromatic heterocycles. The third kappa shape index (κ3) is 7.34. The fourth-order valence-corrected chi connectivity index (χ4v) is 1.68. The Morgan fingerprint density at radius 2 is 1.76 bits per heavy atom. The summed E-state index contributed by atoms with van der Waals surface area (Å²) in [6.07, 6.45) is -2.26. The smallest absolute Gasteiger partial charge is 0.419 e. The molecule has 0 atom stereocenters. The van der Waals surface area contributed by atoms with E-state index in [0.717, 1.165) is 25.5 Å². The van der Waals surface area contributed by atoms with E-state index >= 15 is 0 Å². The maximum Gasteiger partial charge on any atom is 0.419 e. The van der Waals surface area contributed by atoms with E-state index < -0.39 is 11.7 Å². The normalized spacial score (nSPS) is 11.6. The highest BCUT2D eigenvalue weighted by Crippen LogP contribution is 2.35. The molecule has 0 amide bonds. The predicted molar refractivity (Wildman–Crippen MR) is 75.5 cm³/mol. The SMILES string of the molecule is CCCCOCCNCCOc1ccccc1C(F)(F)F. The number of benzene rings is 1. The van der Waals surface area contributed by atoms with Crippen LogP contribution in [0.1, 0.15) is 25.3 Å². The first-order valence-electron chi connectivity index (χ1n) is 7.13. The molecule has 0 aliphatic carbocycles. The van der Waals surface area contributed by atoms with Crippen LogP contribution in [0.25, 0.3) is 0 Å². The Labute approximate surface area is 123 Å². The fourth-order valence-electron chi connectivity index (χ4n) is 1.68. The van der Waals surface area contributed by atoms with Crippen LogP contribution in [0.5, 0.6) is 5.75 Å². The summed E-state index contributed by atoms with van der Waals surface area (Å²) in [5, 5.41) is 3.06. The van der Waals surface area contributed by atoms with Gasteiger partial charge in [0.05, 0.1) is 12.2 Å². The summed E-state index contributed by atoms with van der Waals surface area (Å²) in [7, 11) is 0. The quantitative estimate of drug-likeness (QED) is 0.671. The van der Waals surface area contributed by atoms with Crippen molar-refractivity contribution < 1.29 is 22.6 Å². The lowest BCUT2D eigenvalue weighted by atomic mass is 10.2. The molecule has 0 aliphatic rings. The molecule has 0 fully saturated rings. The van der Waals surface area contributed by atoms with E-state index in [1.165, 1.54) is 18.2 Å². The highest BCUT2D eigenvalue weighted by molar-refractivity contribution is 5.35. The maximum atomic E-state index is 12.7. The fraction of sp³-hybridized carbons (Fsp3) is 0.600. The predicted octanol–water partition coefficient (Wildman–Crippen LogP) is 3.49. The Morgan fingerprint density at radius 3 is 2.48 bits per heavy atom. The van der Waals surface area contributed by atoms with Crippen molar-refractivity contribution in [2.24, 2.45) is 0 Å². The monoisotopic (exact) mass is 305 g/mol. The molecule has 120 valence electrons. The molecule has 0 radical (unpaired) electrons. The van der Waals surface area contributed by atoms with Crippen molar-refractivity contribution in [3.63, 3.8) is 0 Å². The van der Waals surface area contributed by atoms with Gasteiger partial charge in [0.15, 0.2) is 0 Å². The van der Waals surface area contributed by atoms with E-state index in [4.69, 9.17) is 9.47 Å². The van der Waals surface area contributed by atoms with Crippen LogP contribution in [-0.4, -0.2) is 32.9 Å². The maximum absolute atomic E-state index is 12.7. The van der Waals surface area contributed by atoms with Gasteiger partial charge in [-0.15, -0.1) is 0 Å². The number of para-hydroxylation sites is 1. The van der Waals surface area contributed by atoms with Crippen LogP contribution in [0.2, 0.25) is 0 Å². The van der Waals surface area contributed by atoms with Crippen molar-refractivity contribution in [3.05, 3.63) is 29.8 Å². The summed E-state index contributed by atoms with van der Waals surface area (Å²) in [6.45, 7) is 4.75. The van der Waals surface area contributed by atoms with Crippen LogP contribution in [0.3, 0.4) is 0 Å². The second-order valence-electron chi connectivity index (χ2n) is 4.56. The Kier molecular flexibility index (Phi) is 8.15. The van der Waals surface area contributed by atoms with Gasteiger partial charge in [0.2, 0.25) is 0 Å². The van der Waals surface area contributed by atoms with Crippen molar-refractivity contribution in [2.75, 3.05) is 32.9 Å². The zero-order valence-corrected chi connectivity index (χ0v) is 12.2. The Balaban J connectivity index is 2.19. The molecule has 1 aromatic carbocycles. The van der Waals surface area contributed by atoms with Crippen molar-refractivity contribution in [1.29, 1.82) is 0 Å². The lowest BCUT2D eigenvalue weighted by Crippen LogP contribution is -2.25. The van der Waals surface area contributed by atoms with Gasteiger partial charge in [-0.1, -0.05) is 25.5 Å². The molecular formula is C15H22F3NO2. The summed E-state index contributed by atoms with van der Waals surface area (Å²) < 4.78 is 48.7. The standard InChI is InChI=1S/C15H22F3NO2/c1-2-3-10-20-11-8-19-9-12-21-14-7-5-4-6-13(14)15(16,17)18/h4-7,19H,2-3,8-12H2,1H3. The molecule has 0 aliphatic heterocycles. The average molecular weight is 305 g/mol. The zero-order valence-electron chi connectivity index (χ0n) is 12.2. The number of alkyl halides is 3. The van der Waals surface area contributed by atoms with Crippen LogP contribution >= 0.6 is 0 Å². The minimum atomic E-state index is -4.39. The van der Waals surface area contributed by atoms with Gasteiger partial charge in [0.1, 0.15) is 12.4 Å². The largest absolute Gasteiger partial charge is 0.492 e. The molecule has 0 unspecified atom stereocenters. The molecule has 0 heterocycles. The second kappa shape index (κ2) is 9.63. The lowest BCUT2D eigenvalue weighted by Gasteiger charge is -2.13. The van der Waals surface area contributed by atoms with Gasteiger partial charge in [0, 0.05) is 19.7 Å². The molecule has 1 N–H and O–H groups in total. The third-order valence-corrected chi connectivity index (χ3v) is 2.79. The molecule has 6 heteroatoms. The third-order valence-electron chi connectivity index (χ3n) is 2.79. The minimum absolute atomic E-state index is 0.133. The molecule has 0 spiro atoms. The van der Waals surface area contributed by atoms with E-state index in [9.17, 15) is 13.2 Å². The first-order chi connectivity index (χ1) is 10.1. The van der Waals surface area contributed by atoms with Gasteiger partial charge >= 0.3 is 6.18 Å². The van der Waals surface area contributed by atoms with Crippen LogP contribution in [0.15, 0.2) is 24.3 Å². The van der Waals surface area contributed by atoms with E-state index in [2.05, 4.69) is 12.2 Å². The number of hydrogen-bond donors (Lipinski definition) is 1. The number of hydrogen-bond acceptors (Lipinski definition) is 3. The average Bonchev–Trinajstić information content (AvgIpc) is 2.45. The molecule has 0 bridgehead atoms. The second-order valence-corrected chi connectivity index (χ2v) is 4.56. The Morgan fingerprint density at radius 1 is 1.05 bits per heavy atom. The molecule has 1 rings (SSSR count). The Bertz CT molecular complexity index is 397. The van der Waals surface area contributed by atoms with Gasteiger partial charge in [0.25, 0.3) is 0 Å². The van der Waals surface area contributed by atoms with Crippen LogP contribution in [0, 0.1) is 0 Å². The van der Waals surface area contributed by atoms with Gasteiger partial charge in [-0.25, -0.2) is 0 Å². The number of nitrogens with one attached hydrogen (secondary N) is 1. The van der Waals surface area contributed by atoms with E-state index in [-0.39, 0.29) is 12.4 Å². The van der Waals surface area contributed by atoms with E-state index in [1.54, 1.807) is 0 Å². The van der Waals surface area contributed by atoms with Crippen molar-refractivity contribution in [1.82, 2.24) is 5.32 Å². The number of halogens is 3. The molecule has 3 nitrogen and oxygen atoms in total. The lowest BCUT2D eigenvalue weighted by molar-refractivity contribution is -0.138. The number of ether oxygens (including phenoxy) is 2. The minimum Gasteiger partial charge on any atom is -0.492 e. The summed E-state index contributed by atoms with van der Waals surface area (Å²) in [5.74, 6) is -0.133. The topological polar surface area (TPSA) is 30.5 Å². The molecule has 1 aromatic rings. The number of rotatable bonds is 10. The van der Waals surface area contributed by atoms with E-state index in [1.807, 2.05) is 0 Å². The van der Waals surface area contributed by atoms with Crippen molar-refractivity contribution >= 4 is 0 Å². The van der Waals surface area contributed by atoms with Gasteiger partial charge in [-0.2, -0.15) is 13.2 Å². The van der Waals surface area contributed by atoms with Crippen LogP contribution < -0.4 is 10.1 Å². The van der Waals surface area contributed by atoms with E-state index in [0.29, 0.717) is 19.7 Å². The molecule has 21 heavy (non-hydrogen) atoms. The zero-order chi connectivity index (χ0) is 15.6. The molecular weight excluding hydrogens is 283 g/mol. The summed E-state index contributed by atoms with van der Waals surface area (Å²) in [5.41, 5.74) is -0.743. The van der Waals surface area contributed by atoms with Gasteiger partial charge in [-0.05, 0) is 18.6 Å². The Hall–Kier alpha value is -1.27. The highest BCUT2D eigenvalue weighted by atomic mass is 19.4. The molecule has 0 saturated carbocycles. The van der Waals surface area contributed by atoms with Crippen LogP contribution in [0.4, 0.5) is 13.2 Å². The molecule has 0 saturated heterocycles.